The van der Waals surface area contributed by atoms with Gasteiger partial charge in [-0.05, 0) is 37.8 Å². The summed E-state index contributed by atoms with van der Waals surface area (Å²) >= 11 is 0. The van der Waals surface area contributed by atoms with Gasteiger partial charge in [-0.15, -0.1) is 0 Å². The zero-order valence-electron chi connectivity index (χ0n) is 14.0. The Hall–Kier alpha value is -1.88. The number of hydrogen-bond acceptors (Lipinski definition) is 3. The number of nitrogens with zero attached hydrogens (tertiary/aromatic N) is 1. The SMILES string of the molecule is O=C(NC1CCCCC1O)C1CCCN(C(=O)c2ccccc2)C1. The van der Waals surface area contributed by atoms with Crippen LogP contribution in [0.1, 0.15) is 48.9 Å². The molecule has 130 valence electrons. The van der Waals surface area contributed by atoms with Crippen LogP contribution in [0.15, 0.2) is 30.3 Å². The lowest BCUT2D eigenvalue weighted by atomic mass is 9.91. The molecule has 1 saturated heterocycles. The molecule has 2 amide bonds. The molecule has 3 atom stereocenters. The van der Waals surface area contributed by atoms with Crippen molar-refractivity contribution in [1.82, 2.24) is 10.2 Å². The second-order valence-electron chi connectivity index (χ2n) is 6.92. The van der Waals surface area contributed by atoms with E-state index >= 15 is 0 Å². The molecule has 2 fully saturated rings. The summed E-state index contributed by atoms with van der Waals surface area (Å²) in [6.45, 7) is 1.16. The minimum Gasteiger partial charge on any atom is -0.391 e. The highest BCUT2D eigenvalue weighted by atomic mass is 16.3. The Balaban J connectivity index is 1.58. The van der Waals surface area contributed by atoms with Crippen molar-refractivity contribution >= 4 is 11.8 Å². The Kier molecular flexibility index (Phi) is 5.51. The summed E-state index contributed by atoms with van der Waals surface area (Å²) < 4.78 is 0. The molecule has 1 aromatic rings. The predicted octanol–water partition coefficient (Wildman–Crippen LogP) is 1.96. The van der Waals surface area contributed by atoms with Gasteiger partial charge >= 0.3 is 0 Å². The number of hydrogen-bond donors (Lipinski definition) is 2. The van der Waals surface area contributed by atoms with Crippen LogP contribution in [-0.2, 0) is 4.79 Å². The van der Waals surface area contributed by atoms with Gasteiger partial charge in [0.25, 0.3) is 5.91 Å². The van der Waals surface area contributed by atoms with Crippen LogP contribution in [0.25, 0.3) is 0 Å². The van der Waals surface area contributed by atoms with Crippen LogP contribution < -0.4 is 5.32 Å². The van der Waals surface area contributed by atoms with Crippen molar-refractivity contribution in [1.29, 1.82) is 0 Å². The van der Waals surface area contributed by atoms with E-state index in [4.69, 9.17) is 0 Å². The van der Waals surface area contributed by atoms with E-state index in [1.54, 1.807) is 4.90 Å². The highest BCUT2D eigenvalue weighted by Gasteiger charge is 2.32. The Morgan fingerprint density at radius 1 is 1.04 bits per heavy atom. The second kappa shape index (κ2) is 7.79. The van der Waals surface area contributed by atoms with Gasteiger partial charge in [-0.2, -0.15) is 0 Å². The van der Waals surface area contributed by atoms with Crippen molar-refractivity contribution in [3.05, 3.63) is 35.9 Å². The summed E-state index contributed by atoms with van der Waals surface area (Å²) in [6, 6.07) is 9.08. The minimum atomic E-state index is -0.437. The maximum atomic E-state index is 12.6. The topological polar surface area (TPSA) is 69.6 Å². The molecule has 2 aliphatic rings. The van der Waals surface area contributed by atoms with Crippen molar-refractivity contribution in [2.24, 2.45) is 5.92 Å². The number of carbonyl (C=O) groups excluding carboxylic acids is 2. The van der Waals surface area contributed by atoms with E-state index in [0.717, 1.165) is 38.5 Å². The number of amides is 2. The first-order valence-corrected chi connectivity index (χ1v) is 8.98. The van der Waals surface area contributed by atoms with E-state index in [1.807, 2.05) is 30.3 Å². The molecule has 5 heteroatoms. The number of benzene rings is 1. The normalized spacial score (nSPS) is 27.5. The second-order valence-corrected chi connectivity index (χ2v) is 6.92. The van der Waals surface area contributed by atoms with Crippen molar-refractivity contribution in [2.45, 2.75) is 50.7 Å². The van der Waals surface area contributed by atoms with E-state index in [-0.39, 0.29) is 23.8 Å². The Bertz CT molecular complexity index is 575. The molecule has 0 aromatic heterocycles. The first kappa shape index (κ1) is 17.0. The molecule has 1 heterocycles. The number of aliphatic hydroxyl groups is 1. The molecule has 3 unspecified atom stereocenters. The van der Waals surface area contributed by atoms with Gasteiger partial charge in [0.1, 0.15) is 0 Å². The number of rotatable bonds is 3. The smallest absolute Gasteiger partial charge is 0.253 e. The lowest BCUT2D eigenvalue weighted by Crippen LogP contribution is -2.51. The van der Waals surface area contributed by atoms with Crippen LogP contribution in [0, 0.1) is 5.92 Å². The zero-order valence-corrected chi connectivity index (χ0v) is 14.0. The van der Waals surface area contributed by atoms with Crippen LogP contribution in [-0.4, -0.2) is 47.1 Å². The number of nitrogens with one attached hydrogen (secondary N) is 1. The Labute approximate surface area is 143 Å². The fourth-order valence-electron chi connectivity index (χ4n) is 3.72. The number of aliphatic hydroxyl groups excluding tert-OH is 1. The third kappa shape index (κ3) is 3.96. The predicted molar refractivity (Wildman–Crippen MR) is 91.5 cm³/mol. The molecular weight excluding hydrogens is 304 g/mol. The van der Waals surface area contributed by atoms with E-state index in [2.05, 4.69) is 5.32 Å². The number of piperidine rings is 1. The molecule has 3 rings (SSSR count). The van der Waals surface area contributed by atoms with E-state index in [9.17, 15) is 14.7 Å². The number of carbonyl (C=O) groups is 2. The van der Waals surface area contributed by atoms with Crippen LogP contribution in [0.4, 0.5) is 0 Å². The first-order chi connectivity index (χ1) is 11.6. The van der Waals surface area contributed by atoms with Gasteiger partial charge < -0.3 is 15.3 Å². The van der Waals surface area contributed by atoms with Gasteiger partial charge in [0.15, 0.2) is 0 Å². The van der Waals surface area contributed by atoms with Crippen LogP contribution in [0.3, 0.4) is 0 Å². The average Bonchev–Trinajstić information content (AvgIpc) is 2.64. The molecule has 0 spiro atoms. The van der Waals surface area contributed by atoms with Gasteiger partial charge in [-0.25, -0.2) is 0 Å². The van der Waals surface area contributed by atoms with Gasteiger partial charge in [-0.3, -0.25) is 9.59 Å². The molecule has 1 aromatic carbocycles. The molecule has 24 heavy (non-hydrogen) atoms. The van der Waals surface area contributed by atoms with E-state index < -0.39 is 6.10 Å². The van der Waals surface area contributed by atoms with Crippen molar-refractivity contribution in [2.75, 3.05) is 13.1 Å². The standard InChI is InChI=1S/C19H26N2O3/c22-17-11-5-4-10-16(17)20-18(23)15-9-6-12-21(13-15)19(24)14-7-2-1-3-8-14/h1-3,7-8,15-17,22H,4-6,9-13H2,(H,20,23). The van der Waals surface area contributed by atoms with Crippen LogP contribution in [0.5, 0.6) is 0 Å². The monoisotopic (exact) mass is 330 g/mol. The van der Waals surface area contributed by atoms with Crippen molar-refractivity contribution < 1.29 is 14.7 Å². The fraction of sp³-hybridized carbons (Fsp3) is 0.579. The molecule has 1 aliphatic heterocycles. The Morgan fingerprint density at radius 2 is 1.79 bits per heavy atom. The molecule has 0 radical (unpaired) electrons. The molecule has 5 nitrogen and oxygen atoms in total. The quantitative estimate of drug-likeness (QED) is 0.890. The third-order valence-corrected chi connectivity index (χ3v) is 5.16. The lowest BCUT2D eigenvalue weighted by molar-refractivity contribution is -0.128. The Morgan fingerprint density at radius 3 is 2.54 bits per heavy atom. The van der Waals surface area contributed by atoms with Crippen molar-refractivity contribution in [3.63, 3.8) is 0 Å². The summed E-state index contributed by atoms with van der Waals surface area (Å²) in [4.78, 5) is 26.9. The van der Waals surface area contributed by atoms with E-state index in [0.29, 0.717) is 18.7 Å². The average molecular weight is 330 g/mol. The summed E-state index contributed by atoms with van der Waals surface area (Å²) in [5, 5.41) is 13.0. The first-order valence-electron chi connectivity index (χ1n) is 8.98. The molecule has 1 saturated carbocycles. The molecule has 1 aliphatic carbocycles. The highest BCUT2D eigenvalue weighted by Crippen LogP contribution is 2.22. The van der Waals surface area contributed by atoms with E-state index in [1.165, 1.54) is 0 Å². The van der Waals surface area contributed by atoms with Crippen molar-refractivity contribution in [3.8, 4) is 0 Å². The summed E-state index contributed by atoms with van der Waals surface area (Å²) in [7, 11) is 0. The molecule has 0 bridgehead atoms. The van der Waals surface area contributed by atoms with Crippen LogP contribution in [0.2, 0.25) is 0 Å². The molecular formula is C19H26N2O3. The molecule has 2 N–H and O–H groups in total. The lowest BCUT2D eigenvalue weighted by Gasteiger charge is -2.34. The maximum absolute atomic E-state index is 12.6. The van der Waals surface area contributed by atoms with Gasteiger partial charge in [0.05, 0.1) is 18.1 Å². The number of likely N-dealkylation sites (tertiary alicyclic amines) is 1. The summed E-state index contributed by atoms with van der Waals surface area (Å²) in [5.41, 5.74) is 0.668. The summed E-state index contributed by atoms with van der Waals surface area (Å²) in [6.07, 6.45) is 4.87. The highest BCUT2D eigenvalue weighted by molar-refractivity contribution is 5.94. The van der Waals surface area contributed by atoms with Gasteiger partial charge in [0.2, 0.25) is 5.91 Å². The summed E-state index contributed by atoms with van der Waals surface area (Å²) in [5.74, 6) is -0.210. The van der Waals surface area contributed by atoms with Gasteiger partial charge in [-0.1, -0.05) is 31.0 Å². The fourth-order valence-corrected chi connectivity index (χ4v) is 3.72. The third-order valence-electron chi connectivity index (χ3n) is 5.16. The zero-order chi connectivity index (χ0) is 16.9. The largest absolute Gasteiger partial charge is 0.391 e. The van der Waals surface area contributed by atoms with Crippen LogP contribution >= 0.6 is 0 Å². The minimum absolute atomic E-state index is 0.00852. The maximum Gasteiger partial charge on any atom is 0.253 e. The van der Waals surface area contributed by atoms with Gasteiger partial charge in [0, 0.05) is 18.7 Å².